The fourth-order valence-electron chi connectivity index (χ4n) is 1.70. The summed E-state index contributed by atoms with van der Waals surface area (Å²) in [5.41, 5.74) is -0.317. The molecular formula is C12H10N4O4. The molecule has 2 rings (SSSR count). The molecule has 2 N–H and O–H groups in total. The fourth-order valence-corrected chi connectivity index (χ4v) is 1.70. The summed E-state index contributed by atoms with van der Waals surface area (Å²) in [6.07, 6.45) is 1.24. The van der Waals surface area contributed by atoms with Crippen LogP contribution in [-0.4, -0.2) is 20.8 Å². The number of nitrogens with zero attached hydrogens (tertiary/aromatic N) is 2. The zero-order chi connectivity index (χ0) is 14.7. The molecule has 20 heavy (non-hydrogen) atoms. The lowest BCUT2D eigenvalue weighted by Gasteiger charge is -2.07. The van der Waals surface area contributed by atoms with Gasteiger partial charge in [-0.3, -0.25) is 19.9 Å². The standard InChI is InChI=1S/C12H10N4O4/c1-7-8(3-2-4-9(7)16(19)20)11(17)14-10-5-6-13-12(18)15-10/h2-6H,1H3,(H2,13,14,15,17,18). The predicted octanol–water partition coefficient (Wildman–Crippen LogP) is 1.24. The maximum Gasteiger partial charge on any atom is 0.346 e. The number of hydrogen-bond acceptors (Lipinski definition) is 5. The van der Waals surface area contributed by atoms with Crippen LogP contribution in [0.15, 0.2) is 35.3 Å². The summed E-state index contributed by atoms with van der Waals surface area (Å²) in [7, 11) is 0. The van der Waals surface area contributed by atoms with Crippen LogP contribution in [0.5, 0.6) is 0 Å². The highest BCUT2D eigenvalue weighted by Crippen LogP contribution is 2.21. The van der Waals surface area contributed by atoms with Gasteiger partial charge in [-0.15, -0.1) is 0 Å². The third-order valence-electron chi connectivity index (χ3n) is 2.67. The van der Waals surface area contributed by atoms with Gasteiger partial charge in [-0.25, -0.2) is 9.78 Å². The molecule has 0 saturated heterocycles. The van der Waals surface area contributed by atoms with Crippen molar-refractivity contribution in [3.05, 3.63) is 62.2 Å². The van der Waals surface area contributed by atoms with Gasteiger partial charge in [-0.2, -0.15) is 0 Å². The van der Waals surface area contributed by atoms with E-state index in [2.05, 4.69) is 15.3 Å². The van der Waals surface area contributed by atoms with E-state index < -0.39 is 16.5 Å². The van der Waals surface area contributed by atoms with Gasteiger partial charge >= 0.3 is 5.69 Å². The second-order valence-corrected chi connectivity index (χ2v) is 3.95. The number of rotatable bonds is 3. The Hall–Kier alpha value is -3.03. The smallest absolute Gasteiger partial charge is 0.308 e. The first-order valence-corrected chi connectivity index (χ1v) is 5.59. The number of benzene rings is 1. The normalized spacial score (nSPS) is 10.1. The van der Waals surface area contributed by atoms with Gasteiger partial charge in [0, 0.05) is 23.4 Å². The molecular weight excluding hydrogens is 264 g/mol. The van der Waals surface area contributed by atoms with Gasteiger partial charge in [0.05, 0.1) is 4.92 Å². The zero-order valence-electron chi connectivity index (χ0n) is 10.4. The summed E-state index contributed by atoms with van der Waals surface area (Å²) in [6.45, 7) is 1.49. The van der Waals surface area contributed by atoms with Gasteiger partial charge in [0.2, 0.25) is 0 Å². The molecule has 0 bridgehead atoms. The molecule has 1 aromatic heterocycles. The third-order valence-corrected chi connectivity index (χ3v) is 2.67. The number of nitrogens with one attached hydrogen (secondary N) is 2. The molecule has 2 aromatic rings. The van der Waals surface area contributed by atoms with E-state index in [0.29, 0.717) is 0 Å². The Balaban J connectivity index is 2.33. The number of aromatic nitrogens is 2. The van der Waals surface area contributed by atoms with Gasteiger partial charge in [0.1, 0.15) is 5.82 Å². The topological polar surface area (TPSA) is 118 Å². The second kappa shape index (κ2) is 5.31. The van der Waals surface area contributed by atoms with Crippen LogP contribution in [0, 0.1) is 17.0 Å². The van der Waals surface area contributed by atoms with Crippen molar-refractivity contribution in [3.8, 4) is 0 Å². The van der Waals surface area contributed by atoms with Crippen molar-refractivity contribution in [1.29, 1.82) is 0 Å². The van der Waals surface area contributed by atoms with E-state index in [1.165, 1.54) is 37.4 Å². The summed E-state index contributed by atoms with van der Waals surface area (Å²) in [5.74, 6) is -0.381. The number of nitro benzene ring substituents is 1. The fraction of sp³-hybridized carbons (Fsp3) is 0.0833. The maximum absolute atomic E-state index is 12.0. The Morgan fingerprint density at radius 1 is 1.40 bits per heavy atom. The van der Waals surface area contributed by atoms with Crippen LogP contribution in [0.2, 0.25) is 0 Å². The van der Waals surface area contributed by atoms with Crippen LogP contribution in [-0.2, 0) is 0 Å². The number of nitro groups is 1. The average molecular weight is 274 g/mol. The quantitative estimate of drug-likeness (QED) is 0.644. The van der Waals surface area contributed by atoms with Crippen molar-refractivity contribution in [2.75, 3.05) is 5.32 Å². The number of hydrogen-bond donors (Lipinski definition) is 2. The average Bonchev–Trinajstić information content (AvgIpc) is 2.38. The summed E-state index contributed by atoms with van der Waals surface area (Å²) in [5, 5.41) is 13.3. The first-order valence-electron chi connectivity index (χ1n) is 5.59. The van der Waals surface area contributed by atoms with Crippen LogP contribution in [0.25, 0.3) is 0 Å². The second-order valence-electron chi connectivity index (χ2n) is 3.95. The van der Waals surface area contributed by atoms with Crippen LogP contribution >= 0.6 is 0 Å². The predicted molar refractivity (Wildman–Crippen MR) is 70.6 cm³/mol. The van der Waals surface area contributed by atoms with E-state index >= 15 is 0 Å². The van der Waals surface area contributed by atoms with Gasteiger partial charge in [-0.05, 0) is 19.1 Å². The lowest BCUT2D eigenvalue weighted by molar-refractivity contribution is -0.385. The van der Waals surface area contributed by atoms with Crippen molar-refractivity contribution < 1.29 is 9.72 Å². The highest BCUT2D eigenvalue weighted by molar-refractivity contribution is 6.05. The minimum Gasteiger partial charge on any atom is -0.308 e. The van der Waals surface area contributed by atoms with E-state index in [4.69, 9.17) is 0 Å². The van der Waals surface area contributed by atoms with E-state index in [9.17, 15) is 19.7 Å². The van der Waals surface area contributed by atoms with Crippen LogP contribution in [0.1, 0.15) is 15.9 Å². The van der Waals surface area contributed by atoms with E-state index in [1.54, 1.807) is 0 Å². The van der Waals surface area contributed by atoms with Gasteiger partial charge in [0.15, 0.2) is 0 Å². The molecule has 102 valence electrons. The molecule has 0 radical (unpaired) electrons. The Morgan fingerprint density at radius 3 is 2.80 bits per heavy atom. The first kappa shape index (κ1) is 13.4. The maximum atomic E-state index is 12.0. The molecule has 1 heterocycles. The molecule has 1 amide bonds. The largest absolute Gasteiger partial charge is 0.346 e. The van der Waals surface area contributed by atoms with E-state index in [-0.39, 0.29) is 22.6 Å². The molecule has 0 fully saturated rings. The SMILES string of the molecule is Cc1c(C(=O)Nc2ccnc(=O)[nH]2)cccc1[N+](=O)[O-]. The van der Waals surface area contributed by atoms with Crippen molar-refractivity contribution in [3.63, 3.8) is 0 Å². The minimum absolute atomic E-state index is 0.138. The Morgan fingerprint density at radius 2 is 2.15 bits per heavy atom. The Bertz CT molecular complexity index is 738. The number of amides is 1. The molecule has 0 atom stereocenters. The summed E-state index contributed by atoms with van der Waals surface area (Å²) < 4.78 is 0. The number of carbonyl (C=O) groups is 1. The van der Waals surface area contributed by atoms with Crippen LogP contribution < -0.4 is 11.0 Å². The Labute approximate surface area is 112 Å². The zero-order valence-corrected chi connectivity index (χ0v) is 10.4. The van der Waals surface area contributed by atoms with Gasteiger partial charge in [0.25, 0.3) is 11.6 Å². The van der Waals surface area contributed by atoms with Gasteiger partial charge in [-0.1, -0.05) is 6.07 Å². The number of aromatic amines is 1. The molecule has 0 unspecified atom stereocenters. The van der Waals surface area contributed by atoms with Crippen molar-refractivity contribution >= 4 is 17.4 Å². The third kappa shape index (κ3) is 2.69. The molecule has 0 saturated carbocycles. The highest BCUT2D eigenvalue weighted by Gasteiger charge is 2.18. The number of carbonyl (C=O) groups excluding carboxylic acids is 1. The molecule has 0 aliphatic carbocycles. The Kier molecular flexibility index (Phi) is 3.56. The highest BCUT2D eigenvalue weighted by atomic mass is 16.6. The van der Waals surface area contributed by atoms with Crippen LogP contribution in [0.4, 0.5) is 11.5 Å². The molecule has 0 spiro atoms. The number of anilines is 1. The summed E-state index contributed by atoms with van der Waals surface area (Å²) in [6, 6.07) is 5.62. The lowest BCUT2D eigenvalue weighted by atomic mass is 10.1. The van der Waals surface area contributed by atoms with Gasteiger partial charge < -0.3 is 5.32 Å². The molecule has 8 heteroatoms. The molecule has 8 nitrogen and oxygen atoms in total. The van der Waals surface area contributed by atoms with Crippen molar-refractivity contribution in [1.82, 2.24) is 9.97 Å². The van der Waals surface area contributed by atoms with Crippen LogP contribution in [0.3, 0.4) is 0 Å². The molecule has 1 aromatic carbocycles. The number of H-pyrrole nitrogens is 1. The van der Waals surface area contributed by atoms with E-state index in [1.807, 2.05) is 0 Å². The lowest BCUT2D eigenvalue weighted by Crippen LogP contribution is -2.18. The van der Waals surface area contributed by atoms with Crippen molar-refractivity contribution in [2.45, 2.75) is 6.92 Å². The molecule has 0 aliphatic heterocycles. The van der Waals surface area contributed by atoms with E-state index in [0.717, 1.165) is 0 Å². The molecule has 0 aliphatic rings. The summed E-state index contributed by atoms with van der Waals surface area (Å²) in [4.78, 5) is 39.1. The van der Waals surface area contributed by atoms with Crippen molar-refractivity contribution in [2.24, 2.45) is 0 Å². The minimum atomic E-state index is -0.599. The monoisotopic (exact) mass is 274 g/mol. The first-order chi connectivity index (χ1) is 9.49. The summed E-state index contributed by atoms with van der Waals surface area (Å²) >= 11 is 0.